The molecule has 0 radical (unpaired) electrons. The number of likely N-dealkylation sites (tertiary alicyclic amines) is 1. The molecule has 1 aliphatic rings. The molecule has 1 fully saturated rings. The summed E-state index contributed by atoms with van der Waals surface area (Å²) in [5.74, 6) is 0. The van der Waals surface area contributed by atoms with E-state index in [0.717, 1.165) is 12.8 Å². The zero-order valence-electron chi connectivity index (χ0n) is 12.8. The van der Waals surface area contributed by atoms with E-state index < -0.39 is 4.92 Å². The molecule has 0 aliphatic carbocycles. The second kappa shape index (κ2) is 7.87. The third kappa shape index (κ3) is 5.17. The van der Waals surface area contributed by atoms with Gasteiger partial charge in [-0.15, -0.1) is 0 Å². The molecule has 1 aromatic carbocycles. The fraction of sp³-hybridized carbons (Fsp3) is 0.467. The van der Waals surface area contributed by atoms with Gasteiger partial charge in [-0.25, -0.2) is 4.79 Å². The minimum Gasteiger partial charge on any atom is -0.484 e. The number of nitrogens with zero attached hydrogens (tertiary/aromatic N) is 2. The van der Waals surface area contributed by atoms with Gasteiger partial charge < -0.3 is 14.4 Å². The fourth-order valence-corrected chi connectivity index (χ4v) is 2.48. The number of nitro benzene ring substituents is 1. The number of piperidine rings is 1. The largest absolute Gasteiger partial charge is 0.484 e. The van der Waals surface area contributed by atoms with Crippen LogP contribution < -0.4 is 0 Å². The van der Waals surface area contributed by atoms with E-state index in [1.165, 1.54) is 12.1 Å². The van der Waals surface area contributed by atoms with Crippen LogP contribution in [0.2, 0.25) is 0 Å². The molecule has 1 saturated heterocycles. The number of benzene rings is 1. The summed E-state index contributed by atoms with van der Waals surface area (Å²) >= 11 is 4.91. The maximum atomic E-state index is 12.0. The van der Waals surface area contributed by atoms with Gasteiger partial charge in [-0.3, -0.25) is 10.1 Å². The van der Waals surface area contributed by atoms with E-state index >= 15 is 0 Å². The van der Waals surface area contributed by atoms with Crippen molar-refractivity contribution in [1.29, 1.82) is 0 Å². The van der Waals surface area contributed by atoms with Crippen LogP contribution in [0.25, 0.3) is 0 Å². The molecule has 1 aliphatic heterocycles. The first-order valence-corrected chi connectivity index (χ1v) is 7.69. The molecule has 0 unspecified atom stereocenters. The molecular formula is C15H18N2O5S. The lowest BCUT2D eigenvalue weighted by Gasteiger charge is -2.31. The van der Waals surface area contributed by atoms with E-state index in [-0.39, 0.29) is 24.5 Å². The molecule has 2 rings (SSSR count). The quantitative estimate of drug-likeness (QED) is 0.477. The van der Waals surface area contributed by atoms with E-state index in [1.54, 1.807) is 24.0 Å². The van der Waals surface area contributed by atoms with E-state index in [0.29, 0.717) is 23.7 Å². The van der Waals surface area contributed by atoms with Crippen molar-refractivity contribution in [2.75, 3.05) is 13.1 Å². The van der Waals surface area contributed by atoms with Crippen LogP contribution in [0.4, 0.5) is 10.5 Å². The highest BCUT2D eigenvalue weighted by Crippen LogP contribution is 2.16. The summed E-state index contributed by atoms with van der Waals surface area (Å²) in [4.78, 5) is 23.7. The lowest BCUT2D eigenvalue weighted by atomic mass is 10.1. The minimum absolute atomic E-state index is 0.0102. The van der Waals surface area contributed by atoms with Gasteiger partial charge in [0.05, 0.1) is 4.92 Å². The third-order valence-corrected chi connectivity index (χ3v) is 3.64. The Balaban J connectivity index is 1.77. The summed E-state index contributed by atoms with van der Waals surface area (Å²) < 4.78 is 10.7. The third-order valence-electron chi connectivity index (χ3n) is 3.54. The van der Waals surface area contributed by atoms with Gasteiger partial charge >= 0.3 is 6.09 Å². The molecule has 0 N–H and O–H groups in total. The summed E-state index contributed by atoms with van der Waals surface area (Å²) in [6.45, 7) is 2.95. The van der Waals surface area contributed by atoms with Gasteiger partial charge in [0, 0.05) is 45.0 Å². The fourth-order valence-electron chi connectivity index (χ4n) is 2.34. The van der Waals surface area contributed by atoms with Gasteiger partial charge in [-0.2, -0.15) is 0 Å². The van der Waals surface area contributed by atoms with Crippen molar-refractivity contribution < 1.29 is 19.2 Å². The Morgan fingerprint density at radius 2 is 1.96 bits per heavy atom. The Hall–Kier alpha value is -2.22. The number of hydrogen-bond acceptors (Lipinski definition) is 6. The summed E-state index contributed by atoms with van der Waals surface area (Å²) in [6, 6.07) is 5.93. The maximum Gasteiger partial charge on any atom is 0.410 e. The minimum atomic E-state index is -0.468. The number of thiocarbonyl (C=S) groups is 1. The van der Waals surface area contributed by atoms with Crippen molar-refractivity contribution >= 4 is 29.0 Å². The second-order valence-corrected chi connectivity index (χ2v) is 5.85. The Morgan fingerprint density at radius 3 is 2.48 bits per heavy atom. The molecule has 0 atom stereocenters. The predicted molar refractivity (Wildman–Crippen MR) is 87.2 cm³/mol. The molecular weight excluding hydrogens is 320 g/mol. The monoisotopic (exact) mass is 338 g/mol. The highest BCUT2D eigenvalue weighted by Gasteiger charge is 2.24. The van der Waals surface area contributed by atoms with E-state index in [2.05, 4.69) is 0 Å². The van der Waals surface area contributed by atoms with Crippen LogP contribution in [0, 0.1) is 10.1 Å². The first kappa shape index (κ1) is 17.1. The molecule has 7 nitrogen and oxygen atoms in total. The van der Waals surface area contributed by atoms with E-state index in [1.807, 2.05) is 0 Å². The maximum absolute atomic E-state index is 12.0. The molecule has 23 heavy (non-hydrogen) atoms. The normalized spacial score (nSPS) is 15.1. The Bertz CT molecular complexity index is 582. The van der Waals surface area contributed by atoms with Gasteiger partial charge in [-0.1, -0.05) is 0 Å². The zero-order chi connectivity index (χ0) is 16.8. The van der Waals surface area contributed by atoms with Gasteiger partial charge in [0.15, 0.2) is 5.05 Å². The lowest BCUT2D eigenvalue weighted by molar-refractivity contribution is -0.384. The van der Waals surface area contributed by atoms with Crippen molar-refractivity contribution in [2.24, 2.45) is 0 Å². The first-order chi connectivity index (χ1) is 11.0. The molecule has 1 aromatic rings. The van der Waals surface area contributed by atoms with Crippen LogP contribution in [0.5, 0.6) is 0 Å². The molecule has 0 spiro atoms. The highest BCUT2D eigenvalue weighted by molar-refractivity contribution is 7.80. The average Bonchev–Trinajstić information content (AvgIpc) is 2.53. The highest BCUT2D eigenvalue weighted by atomic mass is 32.1. The number of rotatable bonds is 4. The number of carbonyl (C=O) groups is 1. The summed E-state index contributed by atoms with van der Waals surface area (Å²) in [5, 5.41) is 11.1. The van der Waals surface area contributed by atoms with Crippen LogP contribution in [-0.2, 0) is 16.1 Å². The number of ether oxygens (including phenoxy) is 2. The van der Waals surface area contributed by atoms with Crippen LogP contribution in [-0.4, -0.2) is 40.2 Å². The van der Waals surface area contributed by atoms with Gasteiger partial charge in [0.25, 0.3) is 5.69 Å². The molecule has 0 bridgehead atoms. The molecule has 1 heterocycles. The Kier molecular flexibility index (Phi) is 5.86. The first-order valence-electron chi connectivity index (χ1n) is 7.28. The Morgan fingerprint density at radius 1 is 1.35 bits per heavy atom. The van der Waals surface area contributed by atoms with Crippen molar-refractivity contribution in [3.8, 4) is 0 Å². The van der Waals surface area contributed by atoms with Crippen LogP contribution in [0.15, 0.2) is 24.3 Å². The molecule has 0 aromatic heterocycles. The summed E-state index contributed by atoms with van der Waals surface area (Å²) in [6.07, 6.45) is 1.12. The zero-order valence-corrected chi connectivity index (χ0v) is 13.6. The van der Waals surface area contributed by atoms with Gasteiger partial charge in [-0.05, 0) is 29.9 Å². The average molecular weight is 338 g/mol. The van der Waals surface area contributed by atoms with Crippen LogP contribution in [0.1, 0.15) is 25.3 Å². The van der Waals surface area contributed by atoms with E-state index in [9.17, 15) is 14.9 Å². The molecule has 0 saturated carbocycles. The second-order valence-electron chi connectivity index (χ2n) is 5.27. The number of non-ortho nitro benzene ring substituents is 1. The topological polar surface area (TPSA) is 81.9 Å². The van der Waals surface area contributed by atoms with Crippen LogP contribution >= 0.6 is 12.2 Å². The number of amides is 1. The van der Waals surface area contributed by atoms with Crippen molar-refractivity contribution in [1.82, 2.24) is 4.90 Å². The van der Waals surface area contributed by atoms with Crippen molar-refractivity contribution in [3.05, 3.63) is 39.9 Å². The van der Waals surface area contributed by atoms with E-state index in [4.69, 9.17) is 21.7 Å². The molecule has 8 heteroatoms. The molecule has 124 valence electrons. The summed E-state index contributed by atoms with van der Waals surface area (Å²) in [5.41, 5.74) is 0.717. The van der Waals surface area contributed by atoms with Gasteiger partial charge in [0.2, 0.25) is 0 Å². The van der Waals surface area contributed by atoms with Crippen LogP contribution in [0.3, 0.4) is 0 Å². The SMILES string of the molecule is CC(=S)OC1CCN(C(=O)OCc2ccc([N+](=O)[O-])cc2)CC1. The standard InChI is InChI=1S/C15H18N2O5S/c1-11(23)22-14-6-8-16(9-7-14)15(18)21-10-12-2-4-13(5-3-12)17(19)20/h2-5,14H,6-10H2,1H3. The number of nitro groups is 1. The molecule has 1 amide bonds. The van der Waals surface area contributed by atoms with Crippen molar-refractivity contribution in [2.45, 2.75) is 32.5 Å². The Labute approximate surface area is 139 Å². The summed E-state index contributed by atoms with van der Waals surface area (Å²) in [7, 11) is 0. The predicted octanol–water partition coefficient (Wildman–Crippen LogP) is 3.06. The smallest absolute Gasteiger partial charge is 0.410 e. The number of hydrogen-bond donors (Lipinski definition) is 0. The van der Waals surface area contributed by atoms with Crippen molar-refractivity contribution in [3.63, 3.8) is 0 Å². The number of carbonyl (C=O) groups excluding carboxylic acids is 1. The lowest BCUT2D eigenvalue weighted by Crippen LogP contribution is -2.41. The van der Waals surface area contributed by atoms with Gasteiger partial charge in [0.1, 0.15) is 12.7 Å².